The second-order valence-corrected chi connectivity index (χ2v) is 11.7. The Morgan fingerprint density at radius 3 is 1.38 bits per heavy atom. The number of pyridine rings is 4. The monoisotopic (exact) mass is 774 g/mol. The van der Waals surface area contributed by atoms with Gasteiger partial charge >= 0.3 is 0 Å². The minimum absolute atomic E-state index is 0.794. The molecule has 0 amide bonds. The summed E-state index contributed by atoms with van der Waals surface area (Å²) in [5.41, 5.74) is 5.67. The minimum atomic E-state index is 0.794. The van der Waals surface area contributed by atoms with Crippen LogP contribution in [0, 0.1) is 7.14 Å². The fourth-order valence-corrected chi connectivity index (χ4v) is 5.32. The van der Waals surface area contributed by atoms with Gasteiger partial charge in [-0.2, -0.15) is 10.2 Å². The lowest BCUT2D eigenvalue weighted by Gasteiger charge is -2.01. The summed E-state index contributed by atoms with van der Waals surface area (Å²) < 4.78 is 9.87. The predicted octanol–water partition coefficient (Wildman–Crippen LogP) is 6.37. The van der Waals surface area contributed by atoms with Crippen LogP contribution in [0.2, 0.25) is 0 Å². The fraction of sp³-hybridized carbons (Fsp3) is 0. The first kappa shape index (κ1) is 26.5. The average molecular weight is 774 g/mol. The van der Waals surface area contributed by atoms with Crippen LogP contribution in [0.15, 0.2) is 123 Å². The van der Waals surface area contributed by atoms with E-state index in [0.717, 1.165) is 45.4 Å². The van der Waals surface area contributed by atoms with E-state index in [1.165, 1.54) is 7.14 Å². The van der Waals surface area contributed by atoms with Crippen LogP contribution >= 0.6 is 45.2 Å². The third-order valence-corrected chi connectivity index (χ3v) is 7.67. The summed E-state index contributed by atoms with van der Waals surface area (Å²) in [4.78, 5) is 18.1. The van der Waals surface area contributed by atoms with E-state index in [1.54, 1.807) is 21.8 Å². The number of halogens is 2. The molecule has 0 aliphatic heterocycles. The first-order valence-corrected chi connectivity index (χ1v) is 15.0. The molecule has 10 nitrogen and oxygen atoms in total. The van der Waals surface area contributed by atoms with Crippen molar-refractivity contribution >= 4 is 56.5 Å². The molecule has 12 heteroatoms. The molecular weight excluding hydrogens is 754 g/mol. The molecule has 0 unspecified atom stereocenters. The van der Waals surface area contributed by atoms with E-state index in [4.69, 9.17) is 0 Å². The fourth-order valence-electron chi connectivity index (χ4n) is 4.36. The first-order valence-electron chi connectivity index (χ1n) is 12.8. The summed E-state index contributed by atoms with van der Waals surface area (Å²) in [6.45, 7) is 0. The molecule has 8 aromatic rings. The molecule has 0 atom stereocenters. The van der Waals surface area contributed by atoms with Gasteiger partial charge in [0.05, 0.1) is 11.4 Å². The molecule has 0 saturated heterocycles. The summed E-state index contributed by atoms with van der Waals surface area (Å²) in [6.07, 6.45) is 19.0. The molecule has 204 valence electrons. The van der Waals surface area contributed by atoms with E-state index < -0.39 is 0 Å². The Balaban J connectivity index is 0.000000137. The van der Waals surface area contributed by atoms with Crippen LogP contribution < -0.4 is 0 Å². The van der Waals surface area contributed by atoms with E-state index in [2.05, 4.69) is 87.7 Å². The quantitative estimate of drug-likeness (QED) is 0.193. The van der Waals surface area contributed by atoms with Crippen molar-refractivity contribution in [2.75, 3.05) is 0 Å². The number of hydrogen-bond donors (Lipinski definition) is 0. The van der Waals surface area contributed by atoms with Crippen molar-refractivity contribution in [3.63, 3.8) is 0 Å². The van der Waals surface area contributed by atoms with Gasteiger partial charge in [-0.15, -0.1) is 0 Å². The van der Waals surface area contributed by atoms with Gasteiger partial charge in [0, 0.05) is 80.2 Å². The number of nitrogens with zero attached hydrogens (tertiary/aromatic N) is 10. The predicted molar refractivity (Wildman–Crippen MR) is 177 cm³/mol. The smallest absolute Gasteiger partial charge is 0.153 e. The molecule has 0 N–H and O–H groups in total. The van der Waals surface area contributed by atoms with Gasteiger partial charge in [0.15, 0.2) is 11.6 Å². The number of imidazole rings is 2. The third-order valence-electron chi connectivity index (χ3n) is 6.40. The Hall–Kier alpha value is -4.44. The number of hydrogen-bond acceptors (Lipinski definition) is 6. The van der Waals surface area contributed by atoms with Crippen LogP contribution in [0.25, 0.3) is 45.4 Å². The Morgan fingerprint density at radius 1 is 0.524 bits per heavy atom. The summed E-state index contributed by atoms with van der Waals surface area (Å²) in [7, 11) is 0. The van der Waals surface area contributed by atoms with E-state index in [9.17, 15) is 0 Å². The highest BCUT2D eigenvalue weighted by Gasteiger charge is 2.07. The van der Waals surface area contributed by atoms with Crippen LogP contribution in [-0.2, 0) is 0 Å². The zero-order valence-corrected chi connectivity index (χ0v) is 26.1. The second-order valence-electron chi connectivity index (χ2n) is 9.19. The molecule has 8 heterocycles. The van der Waals surface area contributed by atoms with Crippen molar-refractivity contribution in [2.45, 2.75) is 0 Å². The van der Waals surface area contributed by atoms with E-state index in [1.807, 2.05) is 107 Å². The van der Waals surface area contributed by atoms with Crippen LogP contribution in [0.3, 0.4) is 0 Å². The van der Waals surface area contributed by atoms with Crippen molar-refractivity contribution in [2.24, 2.45) is 0 Å². The average Bonchev–Trinajstić information content (AvgIpc) is 3.84. The van der Waals surface area contributed by atoms with Crippen molar-refractivity contribution in [1.82, 2.24) is 48.3 Å². The van der Waals surface area contributed by atoms with Crippen LogP contribution in [0.4, 0.5) is 0 Å². The lowest BCUT2D eigenvalue weighted by atomic mass is 10.2. The number of rotatable bonds is 4. The standard InChI is InChI=1S/2C15H10IN5/c2*16-12-3-5-15-19-13(10-20(15)9-12)11-2-4-14(17-8-11)21-7-1-6-18-21/h2*1-10H. The largest absolute Gasteiger partial charge is 0.305 e. The van der Waals surface area contributed by atoms with E-state index >= 15 is 0 Å². The lowest BCUT2D eigenvalue weighted by Crippen LogP contribution is -1.97. The number of fused-ring (bicyclic) bond motifs is 2. The van der Waals surface area contributed by atoms with E-state index in [-0.39, 0.29) is 0 Å². The molecule has 0 aromatic carbocycles. The Labute approximate surface area is 267 Å². The summed E-state index contributed by atoms with van der Waals surface area (Å²) in [5, 5.41) is 8.33. The molecule has 8 rings (SSSR count). The van der Waals surface area contributed by atoms with Crippen molar-refractivity contribution in [1.29, 1.82) is 0 Å². The molecule has 0 spiro atoms. The molecule has 0 aliphatic rings. The van der Waals surface area contributed by atoms with Crippen molar-refractivity contribution < 1.29 is 0 Å². The summed E-state index contributed by atoms with van der Waals surface area (Å²) in [5.74, 6) is 1.59. The van der Waals surface area contributed by atoms with Gasteiger partial charge in [-0.1, -0.05) is 0 Å². The molecule has 0 aliphatic carbocycles. The first-order chi connectivity index (χ1) is 20.6. The van der Waals surface area contributed by atoms with Gasteiger partial charge in [0.1, 0.15) is 11.3 Å². The van der Waals surface area contributed by atoms with Crippen LogP contribution in [0.5, 0.6) is 0 Å². The summed E-state index contributed by atoms with van der Waals surface area (Å²) >= 11 is 4.58. The van der Waals surface area contributed by atoms with Gasteiger partial charge in [-0.25, -0.2) is 29.3 Å². The third kappa shape index (κ3) is 5.54. The zero-order chi connectivity index (χ0) is 28.5. The molecule has 42 heavy (non-hydrogen) atoms. The second kappa shape index (κ2) is 11.4. The minimum Gasteiger partial charge on any atom is -0.305 e. The highest BCUT2D eigenvalue weighted by Crippen LogP contribution is 2.21. The van der Waals surface area contributed by atoms with Crippen molar-refractivity contribution in [3.8, 4) is 34.2 Å². The molecule has 0 fully saturated rings. The molecule has 0 saturated carbocycles. The zero-order valence-electron chi connectivity index (χ0n) is 21.8. The maximum atomic E-state index is 4.61. The molecular formula is C30H20I2N10. The molecule has 0 radical (unpaired) electrons. The topological polar surface area (TPSA) is 96.0 Å². The van der Waals surface area contributed by atoms with Gasteiger partial charge < -0.3 is 8.80 Å². The highest BCUT2D eigenvalue weighted by molar-refractivity contribution is 14.1. The van der Waals surface area contributed by atoms with Crippen LogP contribution in [-0.4, -0.2) is 48.3 Å². The molecule has 8 aromatic heterocycles. The van der Waals surface area contributed by atoms with Crippen LogP contribution in [0.1, 0.15) is 0 Å². The Morgan fingerprint density at radius 2 is 1.00 bits per heavy atom. The van der Waals surface area contributed by atoms with E-state index in [0.29, 0.717) is 0 Å². The number of aromatic nitrogens is 10. The van der Waals surface area contributed by atoms with Gasteiger partial charge in [-0.05, 0) is 106 Å². The lowest BCUT2D eigenvalue weighted by molar-refractivity contribution is 0.847. The Kier molecular flexibility index (Phi) is 7.21. The van der Waals surface area contributed by atoms with Gasteiger partial charge in [0.25, 0.3) is 0 Å². The molecule has 0 bridgehead atoms. The SMILES string of the molecule is Ic1ccc2nc(-c3ccc(-n4cccn4)nc3)cn2c1.Ic1ccc2nc(-c3ccc(-n4cccn4)nc3)cn2c1. The normalized spacial score (nSPS) is 11.1. The van der Waals surface area contributed by atoms with Gasteiger partial charge in [0.2, 0.25) is 0 Å². The Bertz CT molecular complexity index is 1940. The van der Waals surface area contributed by atoms with Gasteiger partial charge in [-0.3, -0.25) is 0 Å². The highest BCUT2D eigenvalue weighted by atomic mass is 127. The maximum absolute atomic E-state index is 4.61. The van der Waals surface area contributed by atoms with Crippen molar-refractivity contribution in [3.05, 3.63) is 130 Å². The summed E-state index contributed by atoms with van der Waals surface area (Å²) in [6, 6.07) is 19.8. The maximum Gasteiger partial charge on any atom is 0.153 e.